The zero-order valence-corrected chi connectivity index (χ0v) is 11.5. The molecule has 0 aliphatic rings. The molecule has 0 unspecified atom stereocenters. The molecule has 0 radical (unpaired) electrons. The number of aryl methyl sites for hydroxylation is 1. The molecule has 0 bridgehead atoms. The summed E-state index contributed by atoms with van der Waals surface area (Å²) in [6.07, 6.45) is 0. The maximum atomic E-state index is 6.19. The number of nitrogens with one attached hydrogen (secondary N) is 1. The van der Waals surface area contributed by atoms with Gasteiger partial charge in [-0.1, -0.05) is 59.6 Å². The maximum Gasteiger partial charge on any atom is 0.0453 e. The predicted octanol–water partition coefficient (Wildman–Crippen LogP) is 4.50. The number of halogens is 1. The second-order valence-electron chi connectivity index (χ2n) is 4.61. The molecule has 1 atom stereocenters. The number of rotatable bonds is 4. The lowest BCUT2D eigenvalue weighted by Gasteiger charge is -2.15. The minimum Gasteiger partial charge on any atom is -0.306 e. The second-order valence-corrected chi connectivity index (χ2v) is 5.02. The molecule has 0 saturated carbocycles. The van der Waals surface area contributed by atoms with Crippen LogP contribution in [0.15, 0.2) is 48.5 Å². The first-order valence-electron chi connectivity index (χ1n) is 6.20. The van der Waals surface area contributed by atoms with Crippen molar-refractivity contribution in [3.05, 3.63) is 70.2 Å². The molecule has 0 amide bonds. The summed E-state index contributed by atoms with van der Waals surface area (Å²) >= 11 is 6.19. The largest absolute Gasteiger partial charge is 0.306 e. The number of benzene rings is 2. The summed E-state index contributed by atoms with van der Waals surface area (Å²) < 4.78 is 0. The van der Waals surface area contributed by atoms with Crippen LogP contribution >= 0.6 is 11.6 Å². The fourth-order valence-corrected chi connectivity index (χ4v) is 2.33. The van der Waals surface area contributed by atoms with Gasteiger partial charge in [-0.05, 0) is 31.0 Å². The van der Waals surface area contributed by atoms with E-state index in [9.17, 15) is 0 Å². The van der Waals surface area contributed by atoms with Gasteiger partial charge >= 0.3 is 0 Å². The van der Waals surface area contributed by atoms with E-state index >= 15 is 0 Å². The average molecular weight is 260 g/mol. The van der Waals surface area contributed by atoms with Crippen LogP contribution in [0.3, 0.4) is 0 Å². The third kappa shape index (κ3) is 3.34. The molecule has 0 aliphatic heterocycles. The van der Waals surface area contributed by atoms with E-state index in [0.717, 1.165) is 17.1 Å². The van der Waals surface area contributed by atoms with Crippen LogP contribution in [-0.4, -0.2) is 0 Å². The molecule has 94 valence electrons. The molecule has 0 heterocycles. The van der Waals surface area contributed by atoms with E-state index in [1.807, 2.05) is 18.2 Å². The summed E-state index contributed by atoms with van der Waals surface area (Å²) in [5, 5.41) is 4.32. The monoisotopic (exact) mass is 259 g/mol. The highest BCUT2D eigenvalue weighted by molar-refractivity contribution is 6.31. The Labute approximate surface area is 114 Å². The molecular formula is C16H18ClN. The number of hydrogen-bond donors (Lipinski definition) is 1. The Bertz CT molecular complexity index is 522. The van der Waals surface area contributed by atoms with Gasteiger partial charge in [0.05, 0.1) is 0 Å². The van der Waals surface area contributed by atoms with Crippen LogP contribution in [0, 0.1) is 6.92 Å². The Morgan fingerprint density at radius 3 is 2.61 bits per heavy atom. The van der Waals surface area contributed by atoms with Crippen molar-refractivity contribution in [1.29, 1.82) is 0 Å². The summed E-state index contributed by atoms with van der Waals surface area (Å²) in [7, 11) is 0. The molecule has 2 aromatic rings. The van der Waals surface area contributed by atoms with Gasteiger partial charge in [0.2, 0.25) is 0 Å². The topological polar surface area (TPSA) is 12.0 Å². The zero-order chi connectivity index (χ0) is 13.0. The van der Waals surface area contributed by atoms with Crippen LogP contribution in [0.1, 0.15) is 29.7 Å². The third-order valence-electron chi connectivity index (χ3n) is 3.07. The third-order valence-corrected chi connectivity index (χ3v) is 3.41. The highest BCUT2D eigenvalue weighted by Crippen LogP contribution is 2.22. The van der Waals surface area contributed by atoms with Gasteiger partial charge in [-0.15, -0.1) is 0 Å². The lowest BCUT2D eigenvalue weighted by atomic mass is 10.1. The van der Waals surface area contributed by atoms with Crippen molar-refractivity contribution < 1.29 is 0 Å². The van der Waals surface area contributed by atoms with Gasteiger partial charge < -0.3 is 5.32 Å². The van der Waals surface area contributed by atoms with Crippen molar-refractivity contribution in [2.45, 2.75) is 26.4 Å². The average Bonchev–Trinajstić information content (AvgIpc) is 2.37. The Morgan fingerprint density at radius 1 is 1.11 bits per heavy atom. The molecule has 18 heavy (non-hydrogen) atoms. The van der Waals surface area contributed by atoms with Gasteiger partial charge in [0.15, 0.2) is 0 Å². The predicted molar refractivity (Wildman–Crippen MR) is 77.9 cm³/mol. The van der Waals surface area contributed by atoms with E-state index in [4.69, 9.17) is 11.6 Å². The van der Waals surface area contributed by atoms with Gasteiger partial charge in [-0.3, -0.25) is 0 Å². The van der Waals surface area contributed by atoms with E-state index in [0.29, 0.717) is 0 Å². The fraction of sp³-hybridized carbons (Fsp3) is 0.250. The highest BCUT2D eigenvalue weighted by Gasteiger charge is 2.08. The first-order chi connectivity index (χ1) is 8.66. The lowest BCUT2D eigenvalue weighted by molar-refractivity contribution is 0.575. The van der Waals surface area contributed by atoms with Gasteiger partial charge in [-0.25, -0.2) is 0 Å². The van der Waals surface area contributed by atoms with Crippen molar-refractivity contribution in [2.75, 3.05) is 0 Å². The summed E-state index contributed by atoms with van der Waals surface area (Å²) in [5.41, 5.74) is 3.74. The quantitative estimate of drug-likeness (QED) is 0.853. The summed E-state index contributed by atoms with van der Waals surface area (Å²) in [6.45, 7) is 5.10. The molecule has 2 rings (SSSR count). The summed E-state index contributed by atoms with van der Waals surface area (Å²) in [6, 6.07) is 16.8. The standard InChI is InChI=1S/C16H18ClN/c1-12-6-5-7-14(10-12)11-18-13(2)15-8-3-4-9-16(15)17/h3-10,13,18H,11H2,1-2H3/t13-/m0/s1. The minimum absolute atomic E-state index is 0.249. The first kappa shape index (κ1) is 13.1. The summed E-state index contributed by atoms with van der Waals surface area (Å²) in [4.78, 5) is 0. The second kappa shape index (κ2) is 6.03. The molecule has 0 spiro atoms. The van der Waals surface area contributed by atoms with Gasteiger partial charge in [0.1, 0.15) is 0 Å². The Hall–Kier alpha value is -1.31. The molecule has 0 fully saturated rings. The highest BCUT2D eigenvalue weighted by atomic mass is 35.5. The van der Waals surface area contributed by atoms with E-state index < -0.39 is 0 Å². The Morgan fingerprint density at radius 2 is 1.89 bits per heavy atom. The molecule has 0 aromatic heterocycles. The molecule has 1 nitrogen and oxygen atoms in total. The Kier molecular flexibility index (Phi) is 4.40. The number of hydrogen-bond acceptors (Lipinski definition) is 1. The summed E-state index contributed by atoms with van der Waals surface area (Å²) in [5.74, 6) is 0. The SMILES string of the molecule is Cc1cccc(CN[C@@H](C)c2ccccc2Cl)c1. The van der Waals surface area contributed by atoms with Crippen LogP contribution in [0.2, 0.25) is 5.02 Å². The molecule has 1 N–H and O–H groups in total. The van der Waals surface area contributed by atoms with Crippen LogP contribution < -0.4 is 5.32 Å². The van der Waals surface area contributed by atoms with Crippen molar-refractivity contribution >= 4 is 11.6 Å². The van der Waals surface area contributed by atoms with Gasteiger partial charge in [-0.2, -0.15) is 0 Å². The van der Waals surface area contributed by atoms with Crippen molar-refractivity contribution in [3.8, 4) is 0 Å². The van der Waals surface area contributed by atoms with Crippen molar-refractivity contribution in [3.63, 3.8) is 0 Å². The lowest BCUT2D eigenvalue weighted by Crippen LogP contribution is -2.18. The van der Waals surface area contributed by atoms with E-state index in [1.54, 1.807) is 0 Å². The molecular weight excluding hydrogens is 242 g/mol. The van der Waals surface area contributed by atoms with Crippen molar-refractivity contribution in [1.82, 2.24) is 5.32 Å². The first-order valence-corrected chi connectivity index (χ1v) is 6.58. The minimum atomic E-state index is 0.249. The van der Waals surface area contributed by atoms with Crippen LogP contribution in [-0.2, 0) is 6.54 Å². The zero-order valence-electron chi connectivity index (χ0n) is 10.8. The molecule has 0 saturated heterocycles. The smallest absolute Gasteiger partial charge is 0.0453 e. The molecule has 2 heteroatoms. The Balaban J connectivity index is 2.00. The molecule has 2 aromatic carbocycles. The van der Waals surface area contributed by atoms with E-state index in [1.165, 1.54) is 11.1 Å². The maximum absolute atomic E-state index is 6.19. The van der Waals surface area contributed by atoms with Crippen molar-refractivity contribution in [2.24, 2.45) is 0 Å². The van der Waals surface area contributed by atoms with Gasteiger partial charge in [0.25, 0.3) is 0 Å². The fourth-order valence-electron chi connectivity index (χ4n) is 2.03. The van der Waals surface area contributed by atoms with Crippen LogP contribution in [0.25, 0.3) is 0 Å². The molecule has 0 aliphatic carbocycles. The van der Waals surface area contributed by atoms with Gasteiger partial charge in [0, 0.05) is 17.6 Å². The van der Waals surface area contributed by atoms with Crippen LogP contribution in [0.4, 0.5) is 0 Å². The van der Waals surface area contributed by atoms with Crippen LogP contribution in [0.5, 0.6) is 0 Å². The van der Waals surface area contributed by atoms with E-state index in [2.05, 4.69) is 49.5 Å². The van der Waals surface area contributed by atoms with E-state index in [-0.39, 0.29) is 6.04 Å². The normalized spacial score (nSPS) is 12.4.